The predicted molar refractivity (Wildman–Crippen MR) is 78.8 cm³/mol. The zero-order valence-corrected chi connectivity index (χ0v) is 12.1. The van der Waals surface area contributed by atoms with Crippen LogP contribution in [0.2, 0.25) is 0 Å². The van der Waals surface area contributed by atoms with Gasteiger partial charge in [-0.1, -0.05) is 12.1 Å². The van der Waals surface area contributed by atoms with Crippen molar-refractivity contribution in [1.82, 2.24) is 4.90 Å². The fourth-order valence-corrected chi connectivity index (χ4v) is 2.08. The highest BCUT2D eigenvalue weighted by Crippen LogP contribution is 2.11. The van der Waals surface area contributed by atoms with Crippen molar-refractivity contribution < 1.29 is 19.1 Å². The quantitative estimate of drug-likeness (QED) is 0.626. The summed E-state index contributed by atoms with van der Waals surface area (Å²) in [5, 5.41) is 0. The Labute approximate surface area is 124 Å². The van der Waals surface area contributed by atoms with Crippen LogP contribution >= 0.6 is 0 Å². The lowest BCUT2D eigenvalue weighted by Gasteiger charge is -2.26. The molecule has 0 spiro atoms. The van der Waals surface area contributed by atoms with Gasteiger partial charge < -0.3 is 14.4 Å². The third kappa shape index (κ3) is 4.43. The molecule has 0 bridgehead atoms. The van der Waals surface area contributed by atoms with Gasteiger partial charge in [0.05, 0.1) is 19.8 Å². The van der Waals surface area contributed by atoms with Gasteiger partial charge in [-0.3, -0.25) is 4.79 Å². The first-order valence-corrected chi connectivity index (χ1v) is 7.02. The summed E-state index contributed by atoms with van der Waals surface area (Å²) in [5.74, 6) is -0.396. The number of hydrogen-bond donors (Lipinski definition) is 0. The molecule has 0 aliphatic carbocycles. The highest BCUT2D eigenvalue weighted by molar-refractivity contribution is 5.95. The minimum Gasteiger partial charge on any atom is -0.463 e. The Morgan fingerprint density at radius 3 is 2.81 bits per heavy atom. The molecule has 112 valence electrons. The monoisotopic (exact) mass is 289 g/mol. The summed E-state index contributed by atoms with van der Waals surface area (Å²) in [6.45, 7) is 4.48. The van der Waals surface area contributed by atoms with Crippen molar-refractivity contribution in [1.29, 1.82) is 0 Å². The number of benzene rings is 1. The fourth-order valence-electron chi connectivity index (χ4n) is 2.08. The molecule has 0 N–H and O–H groups in total. The van der Waals surface area contributed by atoms with E-state index in [1.54, 1.807) is 36.1 Å². The summed E-state index contributed by atoms with van der Waals surface area (Å²) < 4.78 is 10.1. The van der Waals surface area contributed by atoms with E-state index in [0.717, 1.165) is 5.56 Å². The third-order valence-electron chi connectivity index (χ3n) is 3.13. The van der Waals surface area contributed by atoms with Gasteiger partial charge in [-0.25, -0.2) is 4.79 Å². The van der Waals surface area contributed by atoms with E-state index in [1.165, 1.54) is 6.08 Å². The number of hydrogen-bond acceptors (Lipinski definition) is 4. The average Bonchev–Trinajstić information content (AvgIpc) is 2.54. The lowest BCUT2D eigenvalue weighted by molar-refractivity contribution is -0.137. The van der Waals surface area contributed by atoms with E-state index in [4.69, 9.17) is 9.47 Å². The van der Waals surface area contributed by atoms with E-state index in [1.807, 2.05) is 6.07 Å². The Hall–Kier alpha value is -2.14. The van der Waals surface area contributed by atoms with Crippen molar-refractivity contribution in [3.63, 3.8) is 0 Å². The second-order valence-electron chi connectivity index (χ2n) is 4.62. The Balaban J connectivity index is 2.06. The Kier molecular flexibility index (Phi) is 5.51. The second kappa shape index (κ2) is 7.59. The summed E-state index contributed by atoms with van der Waals surface area (Å²) >= 11 is 0. The largest absolute Gasteiger partial charge is 0.463 e. The maximum absolute atomic E-state index is 12.3. The molecule has 1 heterocycles. The first-order valence-electron chi connectivity index (χ1n) is 7.02. The molecule has 21 heavy (non-hydrogen) atoms. The van der Waals surface area contributed by atoms with Crippen LogP contribution in [-0.2, 0) is 14.3 Å². The Bertz CT molecular complexity index is 533. The highest BCUT2D eigenvalue weighted by Gasteiger charge is 2.18. The van der Waals surface area contributed by atoms with Crippen molar-refractivity contribution in [3.05, 3.63) is 41.5 Å². The van der Waals surface area contributed by atoms with Gasteiger partial charge in [0, 0.05) is 24.7 Å². The van der Waals surface area contributed by atoms with Crippen LogP contribution in [0.25, 0.3) is 6.08 Å². The molecule has 0 atom stereocenters. The molecule has 1 fully saturated rings. The molecule has 1 aliphatic rings. The first kappa shape index (κ1) is 15.3. The molecular formula is C16H19NO4. The average molecular weight is 289 g/mol. The minimum absolute atomic E-state index is 0.00955. The number of ether oxygens (including phenoxy) is 2. The molecule has 0 saturated carbocycles. The number of morpholine rings is 1. The summed E-state index contributed by atoms with van der Waals surface area (Å²) in [4.78, 5) is 25.4. The summed E-state index contributed by atoms with van der Waals surface area (Å²) in [6, 6.07) is 7.19. The van der Waals surface area contributed by atoms with Gasteiger partial charge in [0.15, 0.2) is 0 Å². The van der Waals surface area contributed by atoms with E-state index in [9.17, 15) is 9.59 Å². The van der Waals surface area contributed by atoms with Crippen molar-refractivity contribution in [2.75, 3.05) is 32.9 Å². The van der Waals surface area contributed by atoms with E-state index in [-0.39, 0.29) is 11.9 Å². The lowest BCUT2D eigenvalue weighted by atomic mass is 10.1. The summed E-state index contributed by atoms with van der Waals surface area (Å²) in [5.41, 5.74) is 1.41. The van der Waals surface area contributed by atoms with E-state index in [0.29, 0.717) is 38.5 Å². The molecule has 0 radical (unpaired) electrons. The van der Waals surface area contributed by atoms with Crippen LogP contribution in [-0.4, -0.2) is 49.7 Å². The number of esters is 1. The molecule has 0 aromatic heterocycles. The van der Waals surface area contributed by atoms with Gasteiger partial charge in [-0.2, -0.15) is 0 Å². The molecular weight excluding hydrogens is 270 g/mol. The molecule has 5 nitrogen and oxygen atoms in total. The number of carbonyl (C=O) groups is 2. The topological polar surface area (TPSA) is 55.8 Å². The summed E-state index contributed by atoms with van der Waals surface area (Å²) in [6.07, 6.45) is 3.01. The summed E-state index contributed by atoms with van der Waals surface area (Å²) in [7, 11) is 0. The number of nitrogens with zero attached hydrogens (tertiary/aromatic N) is 1. The third-order valence-corrected chi connectivity index (χ3v) is 3.13. The van der Waals surface area contributed by atoms with E-state index in [2.05, 4.69) is 0 Å². The van der Waals surface area contributed by atoms with Crippen LogP contribution in [0.15, 0.2) is 30.3 Å². The maximum atomic E-state index is 12.3. The van der Waals surface area contributed by atoms with Gasteiger partial charge in [-0.15, -0.1) is 0 Å². The van der Waals surface area contributed by atoms with Crippen molar-refractivity contribution in [3.8, 4) is 0 Å². The molecule has 0 unspecified atom stereocenters. The number of rotatable bonds is 4. The smallest absolute Gasteiger partial charge is 0.330 e. The van der Waals surface area contributed by atoms with Gasteiger partial charge in [0.1, 0.15) is 0 Å². The lowest BCUT2D eigenvalue weighted by Crippen LogP contribution is -2.40. The fraction of sp³-hybridized carbons (Fsp3) is 0.375. The van der Waals surface area contributed by atoms with Crippen LogP contribution in [0.4, 0.5) is 0 Å². The Morgan fingerprint density at radius 2 is 2.10 bits per heavy atom. The maximum Gasteiger partial charge on any atom is 0.330 e. The molecule has 1 aromatic rings. The molecule has 2 rings (SSSR count). The van der Waals surface area contributed by atoms with Gasteiger partial charge >= 0.3 is 5.97 Å². The van der Waals surface area contributed by atoms with Crippen molar-refractivity contribution >= 4 is 18.0 Å². The zero-order valence-electron chi connectivity index (χ0n) is 12.1. The van der Waals surface area contributed by atoms with Crippen molar-refractivity contribution in [2.24, 2.45) is 0 Å². The van der Waals surface area contributed by atoms with Crippen LogP contribution in [0.5, 0.6) is 0 Å². The van der Waals surface area contributed by atoms with Crippen LogP contribution in [0.1, 0.15) is 22.8 Å². The molecule has 1 amide bonds. The highest BCUT2D eigenvalue weighted by atomic mass is 16.5. The van der Waals surface area contributed by atoms with Gasteiger partial charge in [-0.05, 0) is 30.7 Å². The minimum atomic E-state index is -0.387. The van der Waals surface area contributed by atoms with Gasteiger partial charge in [0.2, 0.25) is 0 Å². The number of amides is 1. The van der Waals surface area contributed by atoms with Crippen molar-refractivity contribution in [2.45, 2.75) is 6.92 Å². The van der Waals surface area contributed by atoms with Crippen LogP contribution in [0, 0.1) is 0 Å². The predicted octanol–water partition coefficient (Wildman–Crippen LogP) is 1.74. The molecule has 1 saturated heterocycles. The van der Waals surface area contributed by atoms with Gasteiger partial charge in [0.25, 0.3) is 5.91 Å². The van der Waals surface area contributed by atoms with E-state index >= 15 is 0 Å². The second-order valence-corrected chi connectivity index (χ2v) is 4.62. The molecule has 1 aromatic carbocycles. The molecule has 1 aliphatic heterocycles. The number of carbonyl (C=O) groups excluding carboxylic acids is 2. The zero-order chi connectivity index (χ0) is 15.1. The first-order chi connectivity index (χ1) is 10.2. The van der Waals surface area contributed by atoms with E-state index < -0.39 is 0 Å². The van der Waals surface area contributed by atoms with Crippen LogP contribution < -0.4 is 0 Å². The molecule has 5 heteroatoms. The normalized spacial score (nSPS) is 15.2. The standard InChI is InChI=1S/C16H19NO4/c1-2-21-15(18)7-6-13-4-3-5-14(12-13)16(19)17-8-10-20-11-9-17/h3-7,12H,2,8-11H2,1H3. The SMILES string of the molecule is CCOC(=O)C=Cc1cccc(C(=O)N2CCOCC2)c1. The Morgan fingerprint density at radius 1 is 1.33 bits per heavy atom. The van der Waals surface area contributed by atoms with Crippen LogP contribution in [0.3, 0.4) is 0 Å².